The van der Waals surface area contributed by atoms with Crippen LogP contribution in [0.15, 0.2) is 12.1 Å². The fourth-order valence-corrected chi connectivity index (χ4v) is 3.06. The molecule has 112 valence electrons. The lowest BCUT2D eigenvalue weighted by Gasteiger charge is -2.32. The van der Waals surface area contributed by atoms with E-state index in [4.69, 9.17) is 5.73 Å². The first-order valence-electron chi connectivity index (χ1n) is 7.37. The summed E-state index contributed by atoms with van der Waals surface area (Å²) in [6, 6.07) is 3.91. The number of halogens is 1. The van der Waals surface area contributed by atoms with Gasteiger partial charge in [0.15, 0.2) is 0 Å². The highest BCUT2D eigenvalue weighted by Crippen LogP contribution is 2.33. The molecule has 1 unspecified atom stereocenters. The van der Waals surface area contributed by atoms with Crippen molar-refractivity contribution in [3.8, 4) is 0 Å². The van der Waals surface area contributed by atoms with Crippen molar-refractivity contribution in [2.45, 2.75) is 38.8 Å². The molecule has 0 amide bonds. The van der Waals surface area contributed by atoms with Gasteiger partial charge in [-0.25, -0.2) is 4.39 Å². The van der Waals surface area contributed by atoms with Gasteiger partial charge in [-0.2, -0.15) is 0 Å². The van der Waals surface area contributed by atoms with E-state index in [1.165, 1.54) is 12.8 Å². The maximum atomic E-state index is 13.8. The molecule has 2 atom stereocenters. The topological polar surface area (TPSA) is 32.5 Å². The number of likely N-dealkylation sites (N-methyl/N-ethyl adjacent to an activating group) is 1. The van der Waals surface area contributed by atoms with Crippen molar-refractivity contribution < 1.29 is 4.39 Å². The van der Waals surface area contributed by atoms with Gasteiger partial charge in [0.2, 0.25) is 0 Å². The second kappa shape index (κ2) is 6.10. The summed E-state index contributed by atoms with van der Waals surface area (Å²) in [7, 11) is 4.19. The van der Waals surface area contributed by atoms with Gasteiger partial charge in [-0.15, -0.1) is 0 Å². The van der Waals surface area contributed by atoms with Crippen LogP contribution in [0.1, 0.15) is 36.9 Å². The average molecular weight is 279 g/mol. The lowest BCUT2D eigenvalue weighted by atomic mass is 10.0. The molecule has 20 heavy (non-hydrogen) atoms. The first kappa shape index (κ1) is 15.3. The molecule has 0 spiro atoms. The molecule has 4 heteroatoms. The van der Waals surface area contributed by atoms with Gasteiger partial charge in [-0.05, 0) is 64.0 Å². The molecule has 1 fully saturated rings. The second-order valence-electron chi connectivity index (χ2n) is 6.20. The van der Waals surface area contributed by atoms with E-state index in [-0.39, 0.29) is 11.9 Å². The van der Waals surface area contributed by atoms with Crippen LogP contribution in [0.2, 0.25) is 0 Å². The summed E-state index contributed by atoms with van der Waals surface area (Å²) in [6.07, 6.45) is 2.38. The standard InChI is InChI=1S/C16H26FN3/c1-11-8-16(14(12(2)18)9-15(11)17)20-7-5-6-13(20)10-19(3)4/h8-9,12-13H,5-7,10,18H2,1-4H3/t12-,13?/m1/s1. The van der Waals surface area contributed by atoms with Crippen molar-refractivity contribution in [1.29, 1.82) is 0 Å². The van der Waals surface area contributed by atoms with E-state index in [0.717, 1.165) is 24.3 Å². The highest BCUT2D eigenvalue weighted by Gasteiger charge is 2.28. The summed E-state index contributed by atoms with van der Waals surface area (Å²) in [6.45, 7) is 5.80. The van der Waals surface area contributed by atoms with E-state index >= 15 is 0 Å². The molecule has 0 bridgehead atoms. The van der Waals surface area contributed by atoms with E-state index in [2.05, 4.69) is 23.9 Å². The van der Waals surface area contributed by atoms with Gasteiger partial charge in [0.25, 0.3) is 0 Å². The number of aryl methyl sites for hydroxylation is 1. The van der Waals surface area contributed by atoms with Crippen molar-refractivity contribution >= 4 is 5.69 Å². The van der Waals surface area contributed by atoms with Gasteiger partial charge in [-0.3, -0.25) is 0 Å². The number of rotatable bonds is 4. The molecule has 0 aromatic heterocycles. The minimum atomic E-state index is -0.163. The van der Waals surface area contributed by atoms with Crippen LogP contribution < -0.4 is 10.6 Å². The summed E-state index contributed by atoms with van der Waals surface area (Å²) < 4.78 is 13.8. The quantitative estimate of drug-likeness (QED) is 0.919. The molecule has 2 rings (SSSR count). The fourth-order valence-electron chi connectivity index (χ4n) is 3.06. The van der Waals surface area contributed by atoms with Crippen LogP contribution in [0.25, 0.3) is 0 Å². The van der Waals surface area contributed by atoms with E-state index in [9.17, 15) is 4.39 Å². The molecule has 1 aliphatic heterocycles. The third-order valence-corrected chi connectivity index (χ3v) is 4.06. The van der Waals surface area contributed by atoms with Crippen molar-refractivity contribution in [2.75, 3.05) is 32.1 Å². The number of nitrogens with zero attached hydrogens (tertiary/aromatic N) is 2. The van der Waals surface area contributed by atoms with Gasteiger partial charge < -0.3 is 15.5 Å². The Morgan fingerprint density at radius 2 is 2.15 bits per heavy atom. The predicted molar refractivity (Wildman–Crippen MR) is 82.7 cm³/mol. The molecule has 0 aliphatic carbocycles. The maximum absolute atomic E-state index is 13.8. The van der Waals surface area contributed by atoms with Crippen LogP contribution in [0.4, 0.5) is 10.1 Å². The van der Waals surface area contributed by atoms with Gasteiger partial charge in [0.1, 0.15) is 5.82 Å². The Morgan fingerprint density at radius 3 is 2.75 bits per heavy atom. The monoisotopic (exact) mass is 279 g/mol. The molecule has 1 heterocycles. The average Bonchev–Trinajstić information content (AvgIpc) is 2.79. The molecule has 1 aromatic rings. The van der Waals surface area contributed by atoms with Gasteiger partial charge in [0.05, 0.1) is 0 Å². The highest BCUT2D eigenvalue weighted by atomic mass is 19.1. The zero-order valence-electron chi connectivity index (χ0n) is 13.0. The Bertz CT molecular complexity index is 471. The minimum Gasteiger partial charge on any atom is -0.367 e. The van der Waals surface area contributed by atoms with Crippen molar-refractivity contribution in [3.63, 3.8) is 0 Å². The summed E-state index contributed by atoms with van der Waals surface area (Å²) in [5.74, 6) is -0.163. The zero-order valence-corrected chi connectivity index (χ0v) is 13.0. The Hall–Kier alpha value is -1.13. The SMILES string of the molecule is Cc1cc(N2CCCC2CN(C)C)c([C@@H](C)N)cc1F. The first-order chi connectivity index (χ1) is 9.40. The summed E-state index contributed by atoms with van der Waals surface area (Å²) in [4.78, 5) is 4.62. The van der Waals surface area contributed by atoms with Crippen LogP contribution in [0, 0.1) is 12.7 Å². The Kier molecular flexibility index (Phi) is 4.66. The van der Waals surface area contributed by atoms with Crippen LogP contribution in [-0.4, -0.2) is 38.1 Å². The van der Waals surface area contributed by atoms with Gasteiger partial charge in [0, 0.05) is 30.9 Å². The third kappa shape index (κ3) is 3.13. The molecule has 0 radical (unpaired) electrons. The number of hydrogen-bond donors (Lipinski definition) is 1. The number of benzene rings is 1. The van der Waals surface area contributed by atoms with E-state index in [0.29, 0.717) is 11.6 Å². The maximum Gasteiger partial charge on any atom is 0.126 e. The molecule has 1 aromatic carbocycles. The molecule has 1 aliphatic rings. The molecule has 2 N–H and O–H groups in total. The normalized spacial score (nSPS) is 20.8. The zero-order chi connectivity index (χ0) is 14.9. The fraction of sp³-hybridized carbons (Fsp3) is 0.625. The third-order valence-electron chi connectivity index (χ3n) is 4.06. The summed E-state index contributed by atoms with van der Waals surface area (Å²) in [5.41, 5.74) is 8.77. The van der Waals surface area contributed by atoms with Crippen LogP contribution in [-0.2, 0) is 0 Å². The molecule has 0 saturated carbocycles. The highest BCUT2D eigenvalue weighted by molar-refractivity contribution is 5.58. The van der Waals surface area contributed by atoms with Crippen molar-refractivity contribution in [3.05, 3.63) is 29.1 Å². The lowest BCUT2D eigenvalue weighted by molar-refractivity contribution is 0.372. The molecule has 1 saturated heterocycles. The first-order valence-corrected chi connectivity index (χ1v) is 7.37. The largest absolute Gasteiger partial charge is 0.367 e. The summed E-state index contributed by atoms with van der Waals surface area (Å²) in [5, 5.41) is 0. The van der Waals surface area contributed by atoms with Gasteiger partial charge >= 0.3 is 0 Å². The molecular formula is C16H26FN3. The smallest absolute Gasteiger partial charge is 0.126 e. The van der Waals surface area contributed by atoms with Gasteiger partial charge in [-0.1, -0.05) is 0 Å². The van der Waals surface area contributed by atoms with E-state index < -0.39 is 0 Å². The Morgan fingerprint density at radius 1 is 1.45 bits per heavy atom. The van der Waals surface area contributed by atoms with E-state index in [1.807, 2.05) is 19.9 Å². The number of nitrogens with two attached hydrogens (primary N) is 1. The molecular weight excluding hydrogens is 253 g/mol. The van der Waals surface area contributed by atoms with Crippen LogP contribution >= 0.6 is 0 Å². The lowest BCUT2D eigenvalue weighted by Crippen LogP contribution is -2.38. The Balaban J connectivity index is 2.37. The number of hydrogen-bond acceptors (Lipinski definition) is 3. The number of anilines is 1. The van der Waals surface area contributed by atoms with Crippen LogP contribution in [0.5, 0.6) is 0 Å². The van der Waals surface area contributed by atoms with E-state index in [1.54, 1.807) is 6.07 Å². The van der Waals surface area contributed by atoms with Crippen LogP contribution in [0.3, 0.4) is 0 Å². The molecule has 3 nitrogen and oxygen atoms in total. The van der Waals surface area contributed by atoms with Crippen molar-refractivity contribution in [1.82, 2.24) is 4.90 Å². The Labute approximate surface area is 121 Å². The second-order valence-corrected chi connectivity index (χ2v) is 6.20. The predicted octanol–water partition coefficient (Wildman–Crippen LogP) is 2.68. The summed E-state index contributed by atoms with van der Waals surface area (Å²) >= 11 is 0. The minimum absolute atomic E-state index is 0.152. The van der Waals surface area contributed by atoms with Crippen molar-refractivity contribution in [2.24, 2.45) is 5.73 Å².